The van der Waals surface area contributed by atoms with E-state index in [4.69, 9.17) is 15.0 Å². The number of furan rings is 1. The van der Waals surface area contributed by atoms with Crippen LogP contribution in [0.15, 0.2) is 40.8 Å². The van der Waals surface area contributed by atoms with E-state index < -0.39 is 5.91 Å². The van der Waals surface area contributed by atoms with Crippen molar-refractivity contribution in [2.75, 3.05) is 0 Å². The van der Waals surface area contributed by atoms with Gasteiger partial charge in [-0.3, -0.25) is 10.2 Å². The summed E-state index contributed by atoms with van der Waals surface area (Å²) in [7, 11) is 0. The third-order valence-corrected chi connectivity index (χ3v) is 2.66. The van der Waals surface area contributed by atoms with Gasteiger partial charge in [0.1, 0.15) is 12.4 Å². The molecule has 0 bridgehead atoms. The lowest BCUT2D eigenvalue weighted by atomic mass is 10.2. The van der Waals surface area contributed by atoms with Crippen molar-refractivity contribution in [1.82, 2.24) is 5.43 Å². The summed E-state index contributed by atoms with van der Waals surface area (Å²) in [4.78, 5) is 11.4. The van der Waals surface area contributed by atoms with Crippen LogP contribution in [0.3, 0.4) is 0 Å². The summed E-state index contributed by atoms with van der Waals surface area (Å²) in [6.45, 7) is 2.60. The number of rotatable bonds is 5. The minimum atomic E-state index is -0.438. The van der Waals surface area contributed by atoms with Gasteiger partial charge in [-0.1, -0.05) is 30.3 Å². The molecule has 0 saturated heterocycles. The molecule has 1 heterocycles. The summed E-state index contributed by atoms with van der Waals surface area (Å²) in [6, 6.07) is 11.6. The van der Waals surface area contributed by atoms with Crippen molar-refractivity contribution < 1.29 is 13.9 Å². The average molecular weight is 260 g/mol. The third kappa shape index (κ3) is 3.43. The van der Waals surface area contributed by atoms with Crippen LogP contribution in [0.1, 0.15) is 27.4 Å². The molecular weight excluding hydrogens is 244 g/mol. The van der Waals surface area contributed by atoms with Crippen LogP contribution in [0.25, 0.3) is 0 Å². The quantitative estimate of drug-likeness (QED) is 0.489. The second kappa shape index (κ2) is 6.17. The Labute approximate surface area is 111 Å². The van der Waals surface area contributed by atoms with Crippen LogP contribution in [0.5, 0.6) is 0 Å². The van der Waals surface area contributed by atoms with E-state index in [-0.39, 0.29) is 5.76 Å². The number of nitrogens with one attached hydrogen (secondary N) is 1. The number of amides is 1. The molecule has 1 aromatic heterocycles. The summed E-state index contributed by atoms with van der Waals surface area (Å²) in [5.74, 6) is 5.46. The number of aryl methyl sites for hydroxylation is 1. The second-order valence-corrected chi connectivity index (χ2v) is 4.18. The Kier molecular flexibility index (Phi) is 4.33. The van der Waals surface area contributed by atoms with Crippen LogP contribution in [-0.4, -0.2) is 5.91 Å². The first-order chi connectivity index (χ1) is 9.20. The molecule has 1 amide bonds. The number of nitrogen functional groups attached to an aromatic ring is 1. The van der Waals surface area contributed by atoms with Crippen molar-refractivity contribution in [3.05, 3.63) is 59.0 Å². The highest BCUT2D eigenvalue weighted by atomic mass is 16.5. The molecule has 0 aliphatic heterocycles. The Morgan fingerprint density at radius 1 is 1.32 bits per heavy atom. The van der Waals surface area contributed by atoms with Gasteiger partial charge in [-0.2, -0.15) is 0 Å². The van der Waals surface area contributed by atoms with Gasteiger partial charge in [-0.05, 0) is 18.6 Å². The van der Waals surface area contributed by atoms with E-state index in [0.29, 0.717) is 19.0 Å². The van der Waals surface area contributed by atoms with Gasteiger partial charge in [0.15, 0.2) is 5.76 Å². The van der Waals surface area contributed by atoms with Gasteiger partial charge < -0.3 is 9.15 Å². The van der Waals surface area contributed by atoms with E-state index >= 15 is 0 Å². The fourth-order valence-electron chi connectivity index (χ4n) is 1.75. The largest absolute Gasteiger partial charge is 0.453 e. The van der Waals surface area contributed by atoms with Gasteiger partial charge in [0, 0.05) is 5.56 Å². The van der Waals surface area contributed by atoms with Gasteiger partial charge in [0.25, 0.3) is 0 Å². The first-order valence-corrected chi connectivity index (χ1v) is 5.92. The van der Waals surface area contributed by atoms with Crippen molar-refractivity contribution in [3.8, 4) is 0 Å². The van der Waals surface area contributed by atoms with Crippen LogP contribution >= 0.6 is 0 Å². The molecule has 19 heavy (non-hydrogen) atoms. The fourth-order valence-corrected chi connectivity index (χ4v) is 1.75. The van der Waals surface area contributed by atoms with E-state index in [0.717, 1.165) is 11.1 Å². The van der Waals surface area contributed by atoms with Crippen molar-refractivity contribution in [2.45, 2.75) is 20.1 Å². The van der Waals surface area contributed by atoms with Crippen molar-refractivity contribution in [1.29, 1.82) is 0 Å². The molecule has 100 valence electrons. The molecule has 0 spiro atoms. The second-order valence-electron chi connectivity index (χ2n) is 4.18. The molecule has 5 nitrogen and oxygen atoms in total. The van der Waals surface area contributed by atoms with Crippen molar-refractivity contribution in [2.24, 2.45) is 5.84 Å². The average Bonchev–Trinajstić information content (AvgIpc) is 2.80. The Bertz CT molecular complexity index is 549. The zero-order valence-corrected chi connectivity index (χ0v) is 10.7. The molecule has 0 aliphatic rings. The van der Waals surface area contributed by atoms with Gasteiger partial charge >= 0.3 is 5.91 Å². The number of benzene rings is 1. The summed E-state index contributed by atoms with van der Waals surface area (Å²) in [5, 5.41) is 0. The molecule has 0 aliphatic carbocycles. The van der Waals surface area contributed by atoms with Crippen LogP contribution in [0.2, 0.25) is 0 Å². The maximum atomic E-state index is 11.4. The smallest absolute Gasteiger partial charge is 0.301 e. The van der Waals surface area contributed by atoms with E-state index in [9.17, 15) is 4.79 Å². The molecule has 5 heteroatoms. The van der Waals surface area contributed by atoms with E-state index in [1.165, 1.54) is 0 Å². The maximum absolute atomic E-state index is 11.4. The standard InChI is InChI=1S/C14H16N2O3/c1-10-7-12(19-13(10)14(17)16-15)9-18-8-11-5-3-2-4-6-11/h2-7H,8-9,15H2,1H3,(H,16,17). The third-order valence-electron chi connectivity index (χ3n) is 2.66. The molecule has 2 rings (SSSR count). The number of ether oxygens (including phenoxy) is 1. The van der Waals surface area contributed by atoms with Gasteiger partial charge in [0.05, 0.1) is 6.61 Å². The molecule has 0 atom stereocenters. The predicted molar refractivity (Wildman–Crippen MR) is 70.0 cm³/mol. The lowest BCUT2D eigenvalue weighted by Gasteiger charge is -2.02. The lowest BCUT2D eigenvalue weighted by Crippen LogP contribution is -2.30. The molecule has 2 aromatic rings. The lowest BCUT2D eigenvalue weighted by molar-refractivity contribution is 0.0855. The molecular formula is C14H16N2O3. The first-order valence-electron chi connectivity index (χ1n) is 5.92. The van der Waals surface area contributed by atoms with E-state index in [1.54, 1.807) is 13.0 Å². The monoisotopic (exact) mass is 260 g/mol. The molecule has 0 unspecified atom stereocenters. The number of carbonyl (C=O) groups excluding carboxylic acids is 1. The van der Waals surface area contributed by atoms with Crippen LogP contribution in [0, 0.1) is 6.92 Å². The van der Waals surface area contributed by atoms with Crippen molar-refractivity contribution >= 4 is 5.91 Å². The highest BCUT2D eigenvalue weighted by Gasteiger charge is 2.14. The maximum Gasteiger partial charge on any atom is 0.301 e. The van der Waals surface area contributed by atoms with Crippen LogP contribution in [-0.2, 0) is 18.0 Å². The minimum absolute atomic E-state index is 0.223. The number of hydrogen-bond donors (Lipinski definition) is 2. The normalized spacial score (nSPS) is 10.4. The highest BCUT2D eigenvalue weighted by Crippen LogP contribution is 2.15. The Morgan fingerprint density at radius 3 is 2.74 bits per heavy atom. The minimum Gasteiger partial charge on any atom is -0.453 e. The van der Waals surface area contributed by atoms with Gasteiger partial charge in [0.2, 0.25) is 0 Å². The van der Waals surface area contributed by atoms with Crippen LogP contribution in [0.4, 0.5) is 0 Å². The number of hydrazine groups is 1. The zero-order valence-electron chi connectivity index (χ0n) is 10.7. The molecule has 0 saturated carbocycles. The molecule has 0 fully saturated rings. The van der Waals surface area contributed by atoms with Crippen molar-refractivity contribution in [3.63, 3.8) is 0 Å². The summed E-state index contributed by atoms with van der Waals surface area (Å²) >= 11 is 0. The SMILES string of the molecule is Cc1cc(COCc2ccccc2)oc1C(=O)NN. The first kappa shape index (κ1) is 13.3. The topological polar surface area (TPSA) is 77.5 Å². The van der Waals surface area contributed by atoms with Gasteiger partial charge in [-0.15, -0.1) is 0 Å². The van der Waals surface area contributed by atoms with E-state index in [1.807, 2.05) is 35.8 Å². The summed E-state index contributed by atoms with van der Waals surface area (Å²) in [5.41, 5.74) is 3.87. The van der Waals surface area contributed by atoms with Gasteiger partial charge in [-0.25, -0.2) is 5.84 Å². The molecule has 1 aromatic carbocycles. The Hall–Kier alpha value is -2.11. The number of nitrogens with two attached hydrogens (primary N) is 1. The number of carbonyl (C=O) groups is 1. The Morgan fingerprint density at radius 2 is 2.05 bits per heavy atom. The fraction of sp³-hybridized carbons (Fsp3) is 0.214. The summed E-state index contributed by atoms with van der Waals surface area (Å²) < 4.78 is 10.9. The predicted octanol–water partition coefficient (Wildman–Crippen LogP) is 1.91. The zero-order chi connectivity index (χ0) is 13.7. The molecule has 0 radical (unpaired) electrons. The van der Waals surface area contributed by atoms with Crippen LogP contribution < -0.4 is 11.3 Å². The number of hydrogen-bond acceptors (Lipinski definition) is 4. The summed E-state index contributed by atoms with van der Waals surface area (Å²) in [6.07, 6.45) is 0. The highest BCUT2D eigenvalue weighted by molar-refractivity contribution is 5.92. The Balaban J connectivity index is 1.92. The molecule has 3 N–H and O–H groups in total. The van der Waals surface area contributed by atoms with E-state index in [2.05, 4.69) is 0 Å².